The van der Waals surface area contributed by atoms with Gasteiger partial charge in [0.05, 0.1) is 5.52 Å². The van der Waals surface area contributed by atoms with E-state index in [-0.39, 0.29) is 17.3 Å². The number of benzene rings is 1. The number of rotatable bonds is 1. The molecule has 0 unspecified atom stereocenters. The van der Waals surface area contributed by atoms with Crippen LogP contribution in [0.4, 0.5) is 4.39 Å². The molecule has 1 aromatic heterocycles. The van der Waals surface area contributed by atoms with Gasteiger partial charge in [-0.1, -0.05) is 11.6 Å². The summed E-state index contributed by atoms with van der Waals surface area (Å²) in [4.78, 5) is 2.81. The van der Waals surface area contributed by atoms with Gasteiger partial charge in [-0.2, -0.15) is 0 Å². The summed E-state index contributed by atoms with van der Waals surface area (Å²) in [6.45, 7) is 0.259. The summed E-state index contributed by atoms with van der Waals surface area (Å²) in [6.07, 6.45) is 1.63. The summed E-state index contributed by atoms with van der Waals surface area (Å²) in [7, 11) is 0. The van der Waals surface area contributed by atoms with Gasteiger partial charge in [-0.25, -0.2) is 4.39 Å². The molecule has 4 N–H and O–H groups in total. The molecule has 3 nitrogen and oxygen atoms in total. The van der Waals surface area contributed by atoms with Crippen LogP contribution in [0, 0.1) is 5.82 Å². The van der Waals surface area contributed by atoms with E-state index in [0.29, 0.717) is 16.5 Å². The minimum Gasteiger partial charge on any atom is -0.506 e. The van der Waals surface area contributed by atoms with E-state index in [0.717, 1.165) is 0 Å². The van der Waals surface area contributed by atoms with Gasteiger partial charge in [0.25, 0.3) is 0 Å². The molecular formula is C9H8ClFN2O. The molecule has 0 saturated carbocycles. The molecule has 0 atom stereocenters. The standard InChI is InChI=1S/C9H8ClFN2O/c10-8-5(11)1-6-7(9(8)14)4(2-12)3-13-6/h1,3,13-14H,2,12H2. The van der Waals surface area contributed by atoms with E-state index in [9.17, 15) is 9.50 Å². The Balaban J connectivity index is 2.88. The highest BCUT2D eigenvalue weighted by molar-refractivity contribution is 6.33. The fourth-order valence-electron chi connectivity index (χ4n) is 1.45. The van der Waals surface area contributed by atoms with Gasteiger partial charge >= 0.3 is 0 Å². The zero-order chi connectivity index (χ0) is 10.3. The molecule has 2 aromatic rings. The fraction of sp³-hybridized carbons (Fsp3) is 0.111. The second-order valence-corrected chi connectivity index (χ2v) is 3.34. The molecule has 74 valence electrons. The first kappa shape index (κ1) is 9.30. The molecule has 0 aliphatic heterocycles. The van der Waals surface area contributed by atoms with Crippen LogP contribution in [-0.2, 0) is 6.54 Å². The first-order valence-corrected chi connectivity index (χ1v) is 4.40. The molecule has 0 saturated heterocycles. The normalized spacial score (nSPS) is 11.1. The summed E-state index contributed by atoms with van der Waals surface area (Å²) in [6, 6.07) is 1.23. The molecule has 2 rings (SSSR count). The third-order valence-electron chi connectivity index (χ3n) is 2.14. The fourth-order valence-corrected chi connectivity index (χ4v) is 1.60. The summed E-state index contributed by atoms with van der Waals surface area (Å²) in [5.41, 5.74) is 6.65. The average Bonchev–Trinajstić information content (AvgIpc) is 2.57. The SMILES string of the molecule is NCc1c[nH]c2cc(F)c(Cl)c(O)c12. The third-order valence-corrected chi connectivity index (χ3v) is 2.50. The van der Waals surface area contributed by atoms with Crippen LogP contribution in [0.3, 0.4) is 0 Å². The van der Waals surface area contributed by atoms with Crippen molar-refractivity contribution in [1.82, 2.24) is 4.98 Å². The van der Waals surface area contributed by atoms with Gasteiger partial charge in [0.2, 0.25) is 0 Å². The molecule has 0 spiro atoms. The number of fused-ring (bicyclic) bond motifs is 1. The highest BCUT2D eigenvalue weighted by atomic mass is 35.5. The minimum absolute atomic E-state index is 0.259. The smallest absolute Gasteiger partial charge is 0.147 e. The van der Waals surface area contributed by atoms with Crippen LogP contribution in [-0.4, -0.2) is 10.1 Å². The molecule has 0 fully saturated rings. The second kappa shape index (κ2) is 3.15. The maximum atomic E-state index is 13.1. The molecule has 0 aliphatic carbocycles. The van der Waals surface area contributed by atoms with E-state index in [1.807, 2.05) is 0 Å². The zero-order valence-electron chi connectivity index (χ0n) is 7.14. The van der Waals surface area contributed by atoms with E-state index in [2.05, 4.69) is 4.98 Å². The highest BCUT2D eigenvalue weighted by Gasteiger charge is 2.14. The van der Waals surface area contributed by atoms with Crippen molar-refractivity contribution in [3.63, 3.8) is 0 Å². The molecule has 5 heteroatoms. The van der Waals surface area contributed by atoms with Crippen molar-refractivity contribution in [3.8, 4) is 5.75 Å². The summed E-state index contributed by atoms with van der Waals surface area (Å²) < 4.78 is 13.1. The second-order valence-electron chi connectivity index (χ2n) is 2.96. The van der Waals surface area contributed by atoms with Crippen LogP contribution in [0.1, 0.15) is 5.56 Å². The van der Waals surface area contributed by atoms with Crippen LogP contribution < -0.4 is 5.73 Å². The third kappa shape index (κ3) is 1.15. The number of phenolic OH excluding ortho intramolecular Hbond substituents is 1. The lowest BCUT2D eigenvalue weighted by atomic mass is 10.1. The maximum Gasteiger partial charge on any atom is 0.147 e. The predicted molar refractivity (Wildman–Crippen MR) is 52.8 cm³/mol. The Bertz CT molecular complexity index is 495. The van der Waals surface area contributed by atoms with Crippen LogP contribution in [0.25, 0.3) is 10.9 Å². The molecule has 0 aliphatic rings. The number of aromatic hydroxyl groups is 1. The number of aromatic amines is 1. The van der Waals surface area contributed by atoms with Gasteiger partial charge in [0.15, 0.2) is 0 Å². The largest absolute Gasteiger partial charge is 0.506 e. The van der Waals surface area contributed by atoms with Gasteiger partial charge in [-0.15, -0.1) is 0 Å². The minimum atomic E-state index is -0.651. The topological polar surface area (TPSA) is 62.0 Å². The van der Waals surface area contributed by atoms with E-state index in [1.54, 1.807) is 6.20 Å². The molecule has 0 amide bonds. The number of hydrogen-bond donors (Lipinski definition) is 3. The first-order valence-electron chi connectivity index (χ1n) is 4.02. The van der Waals surface area contributed by atoms with Gasteiger partial charge in [-0.3, -0.25) is 0 Å². The van der Waals surface area contributed by atoms with Crippen LogP contribution in [0.2, 0.25) is 5.02 Å². The van der Waals surface area contributed by atoms with Gasteiger partial charge in [-0.05, 0) is 11.6 Å². The Morgan fingerprint density at radius 1 is 1.57 bits per heavy atom. The lowest BCUT2D eigenvalue weighted by Gasteiger charge is -2.01. The van der Waals surface area contributed by atoms with Crippen molar-refractivity contribution >= 4 is 22.5 Å². The van der Waals surface area contributed by atoms with E-state index in [1.165, 1.54) is 6.07 Å². The molecule has 14 heavy (non-hydrogen) atoms. The zero-order valence-corrected chi connectivity index (χ0v) is 7.90. The number of hydrogen-bond acceptors (Lipinski definition) is 2. The Morgan fingerprint density at radius 3 is 2.93 bits per heavy atom. The Kier molecular flexibility index (Phi) is 2.09. The monoisotopic (exact) mass is 214 g/mol. The van der Waals surface area contributed by atoms with Crippen molar-refractivity contribution in [2.24, 2.45) is 5.73 Å². The molecule has 1 aromatic carbocycles. The van der Waals surface area contributed by atoms with Crippen molar-refractivity contribution in [3.05, 3.63) is 28.7 Å². The van der Waals surface area contributed by atoms with E-state index in [4.69, 9.17) is 17.3 Å². The quantitative estimate of drug-likeness (QED) is 0.681. The lowest BCUT2D eigenvalue weighted by molar-refractivity contribution is 0.476. The van der Waals surface area contributed by atoms with Crippen LogP contribution >= 0.6 is 11.6 Å². The Hall–Kier alpha value is -1.26. The average molecular weight is 215 g/mol. The highest BCUT2D eigenvalue weighted by Crippen LogP contribution is 2.36. The summed E-state index contributed by atoms with van der Waals surface area (Å²) in [5.74, 6) is -0.912. The molecule has 1 heterocycles. The number of halogens is 2. The maximum absolute atomic E-state index is 13.1. The van der Waals surface area contributed by atoms with Crippen molar-refractivity contribution in [2.75, 3.05) is 0 Å². The Labute approximate surface area is 84.3 Å². The predicted octanol–water partition coefficient (Wildman–Crippen LogP) is 2.12. The number of nitrogens with two attached hydrogens (primary N) is 1. The van der Waals surface area contributed by atoms with Crippen molar-refractivity contribution in [2.45, 2.75) is 6.54 Å². The van der Waals surface area contributed by atoms with Crippen molar-refractivity contribution in [1.29, 1.82) is 0 Å². The van der Waals surface area contributed by atoms with Gasteiger partial charge in [0, 0.05) is 18.1 Å². The van der Waals surface area contributed by atoms with E-state index < -0.39 is 5.82 Å². The van der Waals surface area contributed by atoms with Gasteiger partial charge < -0.3 is 15.8 Å². The van der Waals surface area contributed by atoms with Gasteiger partial charge in [0.1, 0.15) is 16.6 Å². The lowest BCUT2D eigenvalue weighted by Crippen LogP contribution is -1.94. The molecule has 0 bridgehead atoms. The van der Waals surface area contributed by atoms with Crippen LogP contribution in [0.15, 0.2) is 12.3 Å². The first-order chi connectivity index (χ1) is 6.65. The molecule has 0 radical (unpaired) electrons. The number of nitrogens with one attached hydrogen (secondary N) is 1. The Morgan fingerprint density at radius 2 is 2.29 bits per heavy atom. The van der Waals surface area contributed by atoms with E-state index >= 15 is 0 Å². The van der Waals surface area contributed by atoms with Crippen LogP contribution in [0.5, 0.6) is 5.75 Å². The number of H-pyrrole nitrogens is 1. The molecular weight excluding hydrogens is 207 g/mol. The summed E-state index contributed by atoms with van der Waals surface area (Å²) in [5, 5.41) is 9.81. The summed E-state index contributed by atoms with van der Waals surface area (Å²) >= 11 is 5.56. The number of phenols is 1. The van der Waals surface area contributed by atoms with Crippen molar-refractivity contribution < 1.29 is 9.50 Å². The number of aromatic nitrogens is 1.